The number of esters is 3. The van der Waals surface area contributed by atoms with Crippen molar-refractivity contribution in [3.8, 4) is 0 Å². The van der Waals surface area contributed by atoms with Crippen molar-refractivity contribution in [1.82, 2.24) is 0 Å². The smallest absolute Gasteiger partial charge is 0.307 e. The van der Waals surface area contributed by atoms with Crippen LogP contribution in [0.2, 0.25) is 0 Å². The van der Waals surface area contributed by atoms with Crippen molar-refractivity contribution in [2.45, 2.75) is 62.5 Å². The molecule has 0 aromatic rings. The van der Waals surface area contributed by atoms with E-state index in [9.17, 15) is 44.4 Å². The molecule has 0 aliphatic rings. The molecule has 0 aliphatic heterocycles. The summed E-state index contributed by atoms with van der Waals surface area (Å²) < 4.78 is 14.0. The van der Waals surface area contributed by atoms with E-state index in [-0.39, 0.29) is 12.6 Å². The molecular weight excluding hydrogens is 428 g/mol. The van der Waals surface area contributed by atoms with E-state index in [4.69, 9.17) is 14.9 Å². The average Bonchev–Trinajstić information content (AvgIpc) is 2.75. The number of aliphatic hydroxyl groups is 6. The quantitative estimate of drug-likeness (QED) is 0.0775. The molecule has 14 nitrogen and oxygen atoms in total. The van der Waals surface area contributed by atoms with Gasteiger partial charge in [-0.3, -0.25) is 24.0 Å². The molecule has 14 heteroatoms. The van der Waals surface area contributed by atoms with E-state index < -0.39 is 86.7 Å². The van der Waals surface area contributed by atoms with E-state index in [1.54, 1.807) is 0 Å². The summed E-state index contributed by atoms with van der Waals surface area (Å²) in [5.41, 5.74) is 0. The Morgan fingerprint density at radius 1 is 0.742 bits per heavy atom. The molecule has 6 N–H and O–H groups in total. The summed E-state index contributed by atoms with van der Waals surface area (Å²) in [6, 6.07) is 0. The first-order chi connectivity index (χ1) is 14.5. The van der Waals surface area contributed by atoms with E-state index in [2.05, 4.69) is 9.47 Å². The summed E-state index contributed by atoms with van der Waals surface area (Å²) in [4.78, 5) is 56.9. The zero-order valence-corrected chi connectivity index (χ0v) is 16.5. The lowest BCUT2D eigenvalue weighted by Gasteiger charge is -2.29. The maximum atomic E-state index is 11.9. The largest absolute Gasteiger partial charge is 0.455 e. The van der Waals surface area contributed by atoms with E-state index in [0.717, 1.165) is 6.92 Å². The highest BCUT2D eigenvalue weighted by atomic mass is 16.6. The van der Waals surface area contributed by atoms with E-state index in [1.807, 2.05) is 0 Å². The number of aliphatic hydroxyl groups excluding tert-OH is 6. The highest BCUT2D eigenvalue weighted by Crippen LogP contribution is 2.14. The van der Waals surface area contributed by atoms with Gasteiger partial charge in [0.25, 0.3) is 0 Å². The Bertz CT molecular complexity index is 608. The van der Waals surface area contributed by atoms with Crippen molar-refractivity contribution < 1.29 is 68.8 Å². The van der Waals surface area contributed by atoms with Crippen molar-refractivity contribution >= 4 is 30.5 Å². The molecule has 0 aliphatic carbocycles. The van der Waals surface area contributed by atoms with Gasteiger partial charge in [0, 0.05) is 6.92 Å². The second-order valence-electron chi connectivity index (χ2n) is 6.24. The Morgan fingerprint density at radius 3 is 1.55 bits per heavy atom. The summed E-state index contributed by atoms with van der Waals surface area (Å²) in [5.74, 6) is -3.37. The van der Waals surface area contributed by atoms with Crippen LogP contribution >= 0.6 is 0 Å². The van der Waals surface area contributed by atoms with Crippen LogP contribution in [0.15, 0.2) is 0 Å². The molecule has 0 amide bonds. The van der Waals surface area contributed by atoms with Crippen molar-refractivity contribution in [3.63, 3.8) is 0 Å². The predicted molar refractivity (Wildman–Crippen MR) is 94.9 cm³/mol. The fourth-order valence-corrected chi connectivity index (χ4v) is 2.15. The maximum absolute atomic E-state index is 11.9. The molecule has 7 atom stereocenters. The lowest BCUT2D eigenvalue weighted by atomic mass is 10.0. The molecule has 31 heavy (non-hydrogen) atoms. The maximum Gasteiger partial charge on any atom is 0.307 e. The van der Waals surface area contributed by atoms with Crippen LogP contribution in [0.25, 0.3) is 0 Å². The second kappa shape index (κ2) is 14.5. The summed E-state index contributed by atoms with van der Waals surface area (Å²) in [6.07, 6.45) is -14.5. The fraction of sp³-hybridized carbons (Fsp3) is 0.706. The number of ether oxygens (including phenoxy) is 3. The zero-order chi connectivity index (χ0) is 24.1. The monoisotopic (exact) mass is 454 g/mol. The molecule has 0 saturated heterocycles. The summed E-state index contributed by atoms with van der Waals surface area (Å²) in [6.45, 7) is -0.960. The third-order valence-electron chi connectivity index (χ3n) is 3.80. The highest BCUT2D eigenvalue weighted by Gasteiger charge is 2.38. The minimum absolute atomic E-state index is 0.000258. The fourth-order valence-electron chi connectivity index (χ4n) is 2.15. The van der Waals surface area contributed by atoms with E-state index in [0.29, 0.717) is 0 Å². The average molecular weight is 454 g/mol. The van der Waals surface area contributed by atoms with Crippen LogP contribution in [0.1, 0.15) is 19.8 Å². The van der Waals surface area contributed by atoms with Gasteiger partial charge in [0.15, 0.2) is 30.9 Å². The lowest BCUT2D eigenvalue weighted by Crippen LogP contribution is -2.50. The summed E-state index contributed by atoms with van der Waals surface area (Å²) in [7, 11) is 0. The molecule has 0 unspecified atom stereocenters. The Balaban J connectivity index is 4.94. The first-order valence-electron chi connectivity index (χ1n) is 8.93. The van der Waals surface area contributed by atoms with Crippen molar-refractivity contribution in [3.05, 3.63) is 0 Å². The van der Waals surface area contributed by atoms with Gasteiger partial charge in [-0.15, -0.1) is 0 Å². The Labute approximate surface area is 175 Å². The van der Waals surface area contributed by atoms with Crippen LogP contribution in [-0.2, 0) is 38.2 Å². The van der Waals surface area contributed by atoms with Gasteiger partial charge in [-0.05, 0) is 0 Å². The SMILES string of the molecule is CC(=O)O[C@@H]([C@H](O)[C@H](O)CO)[C@H](C=O)OC(=O)CCC(=O)O[C@@H](C=O)[C@@H](O)[C@H](O)CO. The predicted octanol–water partition coefficient (Wildman–Crippen LogP) is -4.65. The molecule has 0 aromatic carbocycles. The standard InChI is InChI=1S/C17H26O14/c1-8(22)29-17(16(28)10(24)5-19)12(7-21)31-14(26)3-2-13(25)30-11(6-20)15(27)9(23)4-18/h6-7,9-12,15-19,23-24,27-28H,2-5H2,1H3/t9-,10-,11+,12+,15+,16-,17-/m1/s1. The van der Waals surface area contributed by atoms with Crippen molar-refractivity contribution in [2.75, 3.05) is 13.2 Å². The molecule has 0 spiro atoms. The minimum Gasteiger partial charge on any atom is -0.455 e. The lowest BCUT2D eigenvalue weighted by molar-refractivity contribution is -0.184. The van der Waals surface area contributed by atoms with Gasteiger partial charge in [0.05, 0.1) is 26.1 Å². The summed E-state index contributed by atoms with van der Waals surface area (Å²) >= 11 is 0. The van der Waals surface area contributed by atoms with Crippen LogP contribution < -0.4 is 0 Å². The Kier molecular flexibility index (Phi) is 13.3. The van der Waals surface area contributed by atoms with Gasteiger partial charge in [-0.1, -0.05) is 0 Å². The number of aldehydes is 2. The molecule has 0 saturated carbocycles. The van der Waals surface area contributed by atoms with Gasteiger partial charge in [-0.2, -0.15) is 0 Å². The zero-order valence-electron chi connectivity index (χ0n) is 16.5. The van der Waals surface area contributed by atoms with Crippen molar-refractivity contribution in [1.29, 1.82) is 0 Å². The van der Waals surface area contributed by atoms with Crippen molar-refractivity contribution in [2.24, 2.45) is 0 Å². The second-order valence-corrected chi connectivity index (χ2v) is 6.24. The van der Waals surface area contributed by atoms with Gasteiger partial charge in [-0.25, -0.2) is 0 Å². The minimum atomic E-state index is -1.99. The molecule has 0 aromatic heterocycles. The number of carbonyl (C=O) groups excluding carboxylic acids is 5. The third-order valence-corrected chi connectivity index (χ3v) is 3.80. The summed E-state index contributed by atoms with van der Waals surface area (Å²) in [5, 5.41) is 55.8. The molecule has 0 rings (SSSR count). The molecular formula is C17H26O14. The van der Waals surface area contributed by atoms with Gasteiger partial charge >= 0.3 is 17.9 Å². The number of carbonyl (C=O) groups is 5. The normalized spacial score (nSPS) is 17.8. The van der Waals surface area contributed by atoms with Gasteiger partial charge < -0.3 is 44.8 Å². The number of hydrogen-bond donors (Lipinski definition) is 6. The molecule has 0 fully saturated rings. The van der Waals surface area contributed by atoms with Crippen LogP contribution in [0.3, 0.4) is 0 Å². The molecule has 0 radical (unpaired) electrons. The highest BCUT2D eigenvalue weighted by molar-refractivity contribution is 5.80. The Morgan fingerprint density at radius 2 is 1.16 bits per heavy atom. The number of rotatable bonds is 15. The third kappa shape index (κ3) is 9.91. The number of hydrogen-bond acceptors (Lipinski definition) is 14. The molecule has 178 valence electrons. The van der Waals surface area contributed by atoms with E-state index in [1.165, 1.54) is 0 Å². The molecule has 0 bridgehead atoms. The van der Waals surface area contributed by atoms with Crippen LogP contribution in [-0.4, -0.2) is 117 Å². The van der Waals surface area contributed by atoms with Crippen LogP contribution in [0.5, 0.6) is 0 Å². The Hall–Kier alpha value is -2.49. The van der Waals surface area contributed by atoms with E-state index >= 15 is 0 Å². The van der Waals surface area contributed by atoms with Gasteiger partial charge in [0.1, 0.15) is 24.4 Å². The first kappa shape index (κ1) is 28.5. The first-order valence-corrected chi connectivity index (χ1v) is 8.93. The van der Waals surface area contributed by atoms with Crippen LogP contribution in [0, 0.1) is 0 Å². The van der Waals surface area contributed by atoms with Crippen LogP contribution in [0.4, 0.5) is 0 Å². The van der Waals surface area contributed by atoms with Gasteiger partial charge in [0.2, 0.25) is 0 Å². The topological polar surface area (TPSA) is 234 Å². The molecule has 0 heterocycles.